The Hall–Kier alpha value is -0.960. The van der Waals surface area contributed by atoms with Crippen molar-refractivity contribution in [3.63, 3.8) is 0 Å². The van der Waals surface area contributed by atoms with Crippen LogP contribution in [0.1, 0.15) is 18.9 Å². The summed E-state index contributed by atoms with van der Waals surface area (Å²) >= 11 is 0. The van der Waals surface area contributed by atoms with Crippen molar-refractivity contribution in [2.75, 3.05) is 6.54 Å². The number of benzene rings is 1. The lowest BCUT2D eigenvalue weighted by molar-refractivity contribution is -0.0602. The van der Waals surface area contributed by atoms with Gasteiger partial charge in [-0.2, -0.15) is 0 Å². The largest absolute Gasteiger partial charge is 0.330 e. The molecule has 0 aromatic heterocycles. The summed E-state index contributed by atoms with van der Waals surface area (Å²) in [6, 6.07) is 7.88. The van der Waals surface area contributed by atoms with Gasteiger partial charge in [0.25, 0.3) is 5.92 Å². The number of hydrogen-bond donors (Lipinski definition) is 1. The van der Waals surface area contributed by atoms with Crippen LogP contribution >= 0.6 is 0 Å². The monoisotopic (exact) mass is 199 g/mol. The second-order valence-corrected chi connectivity index (χ2v) is 3.47. The van der Waals surface area contributed by atoms with E-state index in [-0.39, 0.29) is 5.56 Å². The predicted molar refractivity (Wildman–Crippen MR) is 53.2 cm³/mol. The number of halogens is 2. The highest BCUT2D eigenvalue weighted by atomic mass is 19.3. The van der Waals surface area contributed by atoms with E-state index >= 15 is 0 Å². The van der Waals surface area contributed by atoms with Crippen LogP contribution in [0, 0.1) is 5.92 Å². The first-order valence-corrected chi connectivity index (χ1v) is 4.72. The fourth-order valence-corrected chi connectivity index (χ4v) is 1.38. The fraction of sp³-hybridized carbons (Fsp3) is 0.455. The highest BCUT2D eigenvalue weighted by Gasteiger charge is 2.37. The molecule has 0 bridgehead atoms. The maximum absolute atomic E-state index is 13.7. The molecule has 0 aliphatic carbocycles. The van der Waals surface area contributed by atoms with Gasteiger partial charge in [0.1, 0.15) is 0 Å². The second-order valence-electron chi connectivity index (χ2n) is 3.47. The van der Waals surface area contributed by atoms with Crippen molar-refractivity contribution in [3.8, 4) is 0 Å². The number of rotatable bonds is 4. The number of alkyl halides is 2. The van der Waals surface area contributed by atoms with E-state index in [4.69, 9.17) is 5.73 Å². The van der Waals surface area contributed by atoms with Gasteiger partial charge < -0.3 is 5.73 Å². The molecule has 0 fully saturated rings. The normalized spacial score (nSPS) is 14.0. The number of hydrogen-bond acceptors (Lipinski definition) is 1. The van der Waals surface area contributed by atoms with E-state index in [2.05, 4.69) is 0 Å². The summed E-state index contributed by atoms with van der Waals surface area (Å²) in [7, 11) is 0. The molecule has 78 valence electrons. The Labute approximate surface area is 82.9 Å². The van der Waals surface area contributed by atoms with Crippen molar-refractivity contribution >= 4 is 0 Å². The summed E-state index contributed by atoms with van der Waals surface area (Å²) in [6.07, 6.45) is 0.335. The topological polar surface area (TPSA) is 26.0 Å². The molecule has 0 amide bonds. The summed E-state index contributed by atoms with van der Waals surface area (Å²) in [6.45, 7) is 1.82. The first-order valence-electron chi connectivity index (χ1n) is 4.72. The zero-order valence-electron chi connectivity index (χ0n) is 8.21. The molecular weight excluding hydrogens is 184 g/mol. The molecule has 1 atom stereocenters. The Balaban J connectivity index is 2.84. The first-order chi connectivity index (χ1) is 6.59. The molecule has 0 spiro atoms. The van der Waals surface area contributed by atoms with Crippen LogP contribution < -0.4 is 5.73 Å². The lowest BCUT2D eigenvalue weighted by atomic mass is 9.93. The van der Waals surface area contributed by atoms with Crippen molar-refractivity contribution in [1.82, 2.24) is 0 Å². The van der Waals surface area contributed by atoms with Gasteiger partial charge >= 0.3 is 0 Å². The van der Waals surface area contributed by atoms with Crippen LogP contribution in [0.25, 0.3) is 0 Å². The van der Waals surface area contributed by atoms with Gasteiger partial charge in [-0.1, -0.05) is 37.3 Å². The van der Waals surface area contributed by atoms with E-state index in [1.807, 2.05) is 0 Å². The molecule has 14 heavy (non-hydrogen) atoms. The van der Waals surface area contributed by atoms with Crippen LogP contribution in [-0.4, -0.2) is 6.54 Å². The molecule has 1 rings (SSSR count). The Morgan fingerprint density at radius 2 is 1.86 bits per heavy atom. The Morgan fingerprint density at radius 3 is 2.36 bits per heavy atom. The van der Waals surface area contributed by atoms with E-state index in [1.165, 1.54) is 19.1 Å². The van der Waals surface area contributed by atoms with Crippen LogP contribution in [0.2, 0.25) is 0 Å². The van der Waals surface area contributed by atoms with Crippen LogP contribution in [0.15, 0.2) is 30.3 Å². The van der Waals surface area contributed by atoms with Gasteiger partial charge in [-0.3, -0.25) is 0 Å². The fourth-order valence-electron chi connectivity index (χ4n) is 1.38. The molecule has 0 aliphatic heterocycles. The minimum Gasteiger partial charge on any atom is -0.330 e. The van der Waals surface area contributed by atoms with Crippen molar-refractivity contribution in [3.05, 3.63) is 35.9 Å². The molecule has 0 saturated carbocycles. The maximum atomic E-state index is 13.7. The second kappa shape index (κ2) is 4.51. The van der Waals surface area contributed by atoms with Crippen LogP contribution in [-0.2, 0) is 5.92 Å². The molecule has 0 heterocycles. The van der Waals surface area contributed by atoms with Crippen LogP contribution in [0.5, 0.6) is 0 Å². The van der Waals surface area contributed by atoms with Gasteiger partial charge in [0.2, 0.25) is 0 Å². The van der Waals surface area contributed by atoms with Gasteiger partial charge in [0.15, 0.2) is 0 Å². The molecule has 1 aromatic carbocycles. The lowest BCUT2D eigenvalue weighted by Gasteiger charge is -2.23. The molecule has 0 aliphatic rings. The van der Waals surface area contributed by atoms with Gasteiger partial charge in [-0.25, -0.2) is 8.78 Å². The van der Waals surface area contributed by atoms with Gasteiger partial charge in [-0.05, 0) is 13.0 Å². The van der Waals surface area contributed by atoms with Crippen LogP contribution in [0.4, 0.5) is 8.78 Å². The van der Waals surface area contributed by atoms with E-state index < -0.39 is 11.8 Å². The summed E-state index contributed by atoms with van der Waals surface area (Å²) in [5.41, 5.74) is 5.34. The highest BCUT2D eigenvalue weighted by molar-refractivity contribution is 5.20. The minimum atomic E-state index is -2.78. The summed E-state index contributed by atoms with van der Waals surface area (Å²) < 4.78 is 27.4. The average molecular weight is 199 g/mol. The standard InChI is InChI=1S/C11H15F2N/c1-9(7-8-14)11(12,13)10-5-3-2-4-6-10/h2-6,9H,7-8,14H2,1H3. The zero-order chi connectivity index (χ0) is 10.6. The smallest absolute Gasteiger partial charge is 0.275 e. The van der Waals surface area contributed by atoms with Gasteiger partial charge in [0.05, 0.1) is 0 Å². The lowest BCUT2D eigenvalue weighted by Crippen LogP contribution is -2.25. The molecular formula is C11H15F2N. The Bertz CT molecular complexity index is 272. The van der Waals surface area contributed by atoms with Crippen molar-refractivity contribution in [1.29, 1.82) is 0 Å². The summed E-state index contributed by atoms with van der Waals surface area (Å²) in [5, 5.41) is 0. The maximum Gasteiger partial charge on any atom is 0.275 e. The number of nitrogens with two attached hydrogens (primary N) is 1. The highest BCUT2D eigenvalue weighted by Crippen LogP contribution is 2.36. The Morgan fingerprint density at radius 1 is 1.29 bits per heavy atom. The van der Waals surface area contributed by atoms with Gasteiger partial charge in [0, 0.05) is 11.5 Å². The third-order valence-electron chi connectivity index (χ3n) is 2.38. The van der Waals surface area contributed by atoms with E-state index in [0.29, 0.717) is 13.0 Å². The van der Waals surface area contributed by atoms with Crippen molar-refractivity contribution in [2.45, 2.75) is 19.3 Å². The molecule has 2 N–H and O–H groups in total. The van der Waals surface area contributed by atoms with Crippen molar-refractivity contribution < 1.29 is 8.78 Å². The minimum absolute atomic E-state index is 0.0703. The average Bonchev–Trinajstić information content (AvgIpc) is 2.19. The van der Waals surface area contributed by atoms with E-state index in [0.717, 1.165) is 0 Å². The van der Waals surface area contributed by atoms with E-state index in [1.54, 1.807) is 18.2 Å². The van der Waals surface area contributed by atoms with E-state index in [9.17, 15) is 8.78 Å². The third kappa shape index (κ3) is 2.29. The Kier molecular flexibility index (Phi) is 3.58. The first kappa shape index (κ1) is 11.1. The van der Waals surface area contributed by atoms with Gasteiger partial charge in [-0.15, -0.1) is 0 Å². The molecule has 1 aromatic rings. The van der Waals surface area contributed by atoms with Crippen molar-refractivity contribution in [2.24, 2.45) is 11.7 Å². The third-order valence-corrected chi connectivity index (χ3v) is 2.38. The molecule has 1 nitrogen and oxygen atoms in total. The molecule has 0 radical (unpaired) electrons. The quantitative estimate of drug-likeness (QED) is 0.792. The SMILES string of the molecule is CC(CCN)C(F)(F)c1ccccc1. The molecule has 3 heteroatoms. The summed E-state index contributed by atoms with van der Waals surface area (Å²) in [4.78, 5) is 0. The molecule has 0 saturated heterocycles. The zero-order valence-corrected chi connectivity index (χ0v) is 8.21. The molecule has 1 unspecified atom stereocenters. The predicted octanol–water partition coefficient (Wildman–Crippen LogP) is 2.76. The van der Waals surface area contributed by atoms with Crippen LogP contribution in [0.3, 0.4) is 0 Å². The summed E-state index contributed by atoms with van der Waals surface area (Å²) in [5.74, 6) is -3.49.